The Kier molecular flexibility index (Phi) is 6.94. The third-order valence-corrected chi connectivity index (χ3v) is 6.85. The van der Waals surface area contributed by atoms with Crippen LogP contribution in [-0.2, 0) is 12.8 Å². The fraction of sp³-hybridized carbons (Fsp3) is 0.118. The van der Waals surface area contributed by atoms with Crippen molar-refractivity contribution >= 4 is 0 Å². The van der Waals surface area contributed by atoms with E-state index in [0.717, 1.165) is 48.4 Å². The van der Waals surface area contributed by atoms with Gasteiger partial charge < -0.3 is 0 Å². The number of benzene rings is 4. The molecule has 4 aromatic carbocycles. The van der Waals surface area contributed by atoms with Gasteiger partial charge in [-0.05, 0) is 85.3 Å². The minimum atomic E-state index is 1.00. The zero-order chi connectivity index (χ0) is 25.6. The van der Waals surface area contributed by atoms with Crippen molar-refractivity contribution in [2.75, 3.05) is 0 Å². The van der Waals surface area contributed by atoms with Crippen LogP contribution in [0.4, 0.5) is 0 Å². The van der Waals surface area contributed by atoms with Gasteiger partial charge in [0, 0.05) is 23.5 Å². The van der Waals surface area contributed by atoms with Crippen LogP contribution in [0.25, 0.3) is 33.9 Å². The van der Waals surface area contributed by atoms with Gasteiger partial charge in [0.15, 0.2) is 0 Å². The number of aromatic nitrogens is 4. The number of para-hydroxylation sites is 2. The van der Waals surface area contributed by atoms with E-state index in [9.17, 15) is 0 Å². The Morgan fingerprint density at radius 2 is 0.895 bits per heavy atom. The molecule has 0 amide bonds. The number of nitrogens with zero attached hydrogens (tertiary/aromatic N) is 4. The monoisotopic (exact) mass is 494 g/mol. The number of rotatable bonds is 9. The minimum Gasteiger partial charge on any atom is -0.240 e. The summed E-state index contributed by atoms with van der Waals surface area (Å²) in [5, 5.41) is 9.58. The third-order valence-electron chi connectivity index (χ3n) is 6.85. The number of aryl methyl sites for hydroxylation is 2. The van der Waals surface area contributed by atoms with Crippen LogP contribution in [0.15, 0.2) is 134 Å². The third kappa shape index (κ3) is 5.50. The molecular weight excluding hydrogens is 464 g/mol. The van der Waals surface area contributed by atoms with Gasteiger partial charge in [0.05, 0.1) is 22.8 Å². The molecule has 0 bridgehead atoms. The molecule has 2 heterocycles. The molecule has 6 rings (SSSR count). The average molecular weight is 495 g/mol. The van der Waals surface area contributed by atoms with Crippen molar-refractivity contribution in [3.05, 3.63) is 145 Å². The van der Waals surface area contributed by atoms with Gasteiger partial charge in [-0.25, -0.2) is 9.36 Å². The molecule has 0 saturated carbocycles. The van der Waals surface area contributed by atoms with Gasteiger partial charge >= 0.3 is 0 Å². The van der Waals surface area contributed by atoms with Crippen LogP contribution in [0, 0.1) is 0 Å². The van der Waals surface area contributed by atoms with Gasteiger partial charge in [-0.3, -0.25) is 0 Å². The van der Waals surface area contributed by atoms with E-state index in [1.54, 1.807) is 0 Å². The number of hydrogen-bond acceptors (Lipinski definition) is 2. The fourth-order valence-electron chi connectivity index (χ4n) is 4.84. The summed E-state index contributed by atoms with van der Waals surface area (Å²) >= 11 is 0. The summed E-state index contributed by atoms with van der Waals surface area (Å²) in [7, 11) is 0. The van der Waals surface area contributed by atoms with E-state index in [1.165, 1.54) is 22.3 Å². The lowest BCUT2D eigenvalue weighted by Gasteiger charge is -2.06. The molecule has 4 heteroatoms. The van der Waals surface area contributed by atoms with E-state index in [1.807, 2.05) is 58.2 Å². The summed E-state index contributed by atoms with van der Waals surface area (Å²) < 4.78 is 3.87. The first-order valence-electron chi connectivity index (χ1n) is 13.2. The van der Waals surface area contributed by atoms with Crippen LogP contribution >= 0.6 is 0 Å². The summed E-state index contributed by atoms with van der Waals surface area (Å²) in [4.78, 5) is 0. The maximum absolute atomic E-state index is 4.79. The van der Waals surface area contributed by atoms with Gasteiger partial charge in [-0.15, -0.1) is 0 Å². The van der Waals surface area contributed by atoms with E-state index in [2.05, 4.69) is 84.9 Å². The Hall–Kier alpha value is -4.70. The number of hydrogen-bond donors (Lipinski definition) is 0. The zero-order valence-electron chi connectivity index (χ0n) is 21.3. The average Bonchev–Trinajstić information content (AvgIpc) is 3.68. The van der Waals surface area contributed by atoms with E-state index in [0.29, 0.717) is 0 Å². The Labute approximate surface area is 223 Å². The second-order valence-electron chi connectivity index (χ2n) is 9.57. The number of unbranched alkanes of at least 4 members (excludes halogenated alkanes) is 1. The van der Waals surface area contributed by atoms with Gasteiger partial charge in [0.1, 0.15) is 0 Å². The molecule has 0 spiro atoms. The highest BCUT2D eigenvalue weighted by molar-refractivity contribution is 5.61. The molecule has 6 aromatic rings. The van der Waals surface area contributed by atoms with Crippen LogP contribution in [0.3, 0.4) is 0 Å². The first-order valence-corrected chi connectivity index (χ1v) is 13.2. The lowest BCUT2D eigenvalue weighted by atomic mass is 10.00. The summed E-state index contributed by atoms with van der Waals surface area (Å²) in [5.74, 6) is 0. The van der Waals surface area contributed by atoms with E-state index in [-0.39, 0.29) is 0 Å². The van der Waals surface area contributed by atoms with Crippen LogP contribution in [0.1, 0.15) is 24.0 Å². The first kappa shape index (κ1) is 23.7. The molecule has 0 radical (unpaired) electrons. The van der Waals surface area contributed by atoms with Gasteiger partial charge in [-0.1, -0.05) is 72.8 Å². The Bertz CT molecular complexity index is 1490. The van der Waals surface area contributed by atoms with Crippen molar-refractivity contribution in [3.8, 4) is 33.9 Å². The topological polar surface area (TPSA) is 35.6 Å². The fourth-order valence-corrected chi connectivity index (χ4v) is 4.84. The maximum atomic E-state index is 4.79. The lowest BCUT2D eigenvalue weighted by Crippen LogP contribution is -1.95. The SMILES string of the molecule is c1ccc(-n2ccc(-c3cccc(CCCCc4cccc(-c5ccn(-c6ccccc6)n5)c4)c3)n2)cc1. The molecule has 0 saturated heterocycles. The second kappa shape index (κ2) is 11.1. The molecule has 0 atom stereocenters. The minimum absolute atomic E-state index is 1.00. The standard InChI is InChI=1S/C34H30N4/c1-3-17-31(18-4-1)37-23-21-33(35-37)29-15-9-13-27(25-29)11-7-8-12-28-14-10-16-30(26-28)34-22-24-38(36-34)32-19-5-2-6-20-32/h1-6,9-10,13-26H,7-8,11-12H2. The smallest absolute Gasteiger partial charge is 0.0927 e. The highest BCUT2D eigenvalue weighted by Crippen LogP contribution is 2.23. The van der Waals surface area contributed by atoms with Crippen molar-refractivity contribution < 1.29 is 0 Å². The molecule has 0 unspecified atom stereocenters. The molecule has 0 N–H and O–H groups in total. The summed E-state index contributed by atoms with van der Waals surface area (Å²) in [6.45, 7) is 0. The van der Waals surface area contributed by atoms with Crippen molar-refractivity contribution in [2.45, 2.75) is 25.7 Å². The molecule has 38 heavy (non-hydrogen) atoms. The highest BCUT2D eigenvalue weighted by atomic mass is 15.3. The maximum Gasteiger partial charge on any atom is 0.0927 e. The van der Waals surface area contributed by atoms with Crippen molar-refractivity contribution in [2.24, 2.45) is 0 Å². The van der Waals surface area contributed by atoms with Crippen molar-refractivity contribution in [3.63, 3.8) is 0 Å². The van der Waals surface area contributed by atoms with E-state index < -0.39 is 0 Å². The Morgan fingerprint density at radius 3 is 1.34 bits per heavy atom. The molecule has 0 aliphatic heterocycles. The molecule has 186 valence electrons. The van der Waals surface area contributed by atoms with Crippen molar-refractivity contribution in [1.29, 1.82) is 0 Å². The largest absolute Gasteiger partial charge is 0.240 e. The van der Waals surface area contributed by atoms with Gasteiger partial charge in [0.2, 0.25) is 0 Å². The summed E-state index contributed by atoms with van der Waals surface area (Å²) in [6.07, 6.45) is 8.47. The van der Waals surface area contributed by atoms with Crippen LogP contribution in [-0.4, -0.2) is 19.6 Å². The second-order valence-corrected chi connectivity index (χ2v) is 9.57. The normalized spacial score (nSPS) is 11.1. The van der Waals surface area contributed by atoms with Crippen LogP contribution in [0.5, 0.6) is 0 Å². The quantitative estimate of drug-likeness (QED) is 0.191. The van der Waals surface area contributed by atoms with Gasteiger partial charge in [-0.2, -0.15) is 10.2 Å². The summed E-state index contributed by atoms with van der Waals surface area (Å²) in [5.41, 5.74) is 9.20. The van der Waals surface area contributed by atoms with E-state index in [4.69, 9.17) is 10.2 Å². The zero-order valence-corrected chi connectivity index (χ0v) is 21.3. The molecular formula is C34H30N4. The Morgan fingerprint density at radius 1 is 0.447 bits per heavy atom. The molecule has 0 aliphatic carbocycles. The highest BCUT2D eigenvalue weighted by Gasteiger charge is 2.07. The first-order chi connectivity index (χ1) is 18.8. The Balaban J connectivity index is 1.05. The van der Waals surface area contributed by atoms with Crippen molar-refractivity contribution in [1.82, 2.24) is 19.6 Å². The predicted octanol–water partition coefficient (Wildman–Crippen LogP) is 7.96. The van der Waals surface area contributed by atoms with Gasteiger partial charge in [0.25, 0.3) is 0 Å². The van der Waals surface area contributed by atoms with E-state index >= 15 is 0 Å². The predicted molar refractivity (Wildman–Crippen MR) is 155 cm³/mol. The van der Waals surface area contributed by atoms with Crippen LogP contribution in [0.2, 0.25) is 0 Å². The molecule has 4 nitrogen and oxygen atoms in total. The van der Waals surface area contributed by atoms with Crippen LogP contribution < -0.4 is 0 Å². The summed E-state index contributed by atoms with van der Waals surface area (Å²) in [6, 6.07) is 42.2. The molecule has 2 aromatic heterocycles. The molecule has 0 aliphatic rings. The lowest BCUT2D eigenvalue weighted by molar-refractivity contribution is 0.734. The molecule has 0 fully saturated rings.